The van der Waals surface area contributed by atoms with E-state index in [0.29, 0.717) is 18.5 Å². The second kappa shape index (κ2) is 8.59. The molecule has 7 heteroatoms. The highest BCUT2D eigenvalue weighted by atomic mass is 16.5. The molecule has 2 aromatic heterocycles. The van der Waals surface area contributed by atoms with Gasteiger partial charge in [0.05, 0.1) is 35.9 Å². The van der Waals surface area contributed by atoms with E-state index >= 15 is 0 Å². The molecule has 1 saturated heterocycles. The quantitative estimate of drug-likeness (QED) is 0.485. The normalized spacial score (nSPS) is 14.4. The van der Waals surface area contributed by atoms with Crippen molar-refractivity contribution in [1.29, 1.82) is 0 Å². The van der Waals surface area contributed by atoms with E-state index in [9.17, 15) is 4.79 Å². The maximum Gasteiger partial charge on any atom is 0.261 e. The summed E-state index contributed by atoms with van der Waals surface area (Å²) in [6.45, 7) is 6.72. The summed E-state index contributed by atoms with van der Waals surface area (Å²) in [4.78, 5) is 26.7. The largest absolute Gasteiger partial charge is 0.383 e. The van der Waals surface area contributed by atoms with Crippen molar-refractivity contribution in [3.63, 3.8) is 0 Å². The molecule has 1 aliphatic heterocycles. The number of nitrogens with zero attached hydrogens (tertiary/aromatic N) is 5. The molecule has 0 unspecified atom stereocenters. The number of anilines is 2. The van der Waals surface area contributed by atoms with E-state index in [2.05, 4.69) is 51.0 Å². The third kappa shape index (κ3) is 3.80. The van der Waals surface area contributed by atoms with Gasteiger partial charge in [0.1, 0.15) is 0 Å². The third-order valence-electron chi connectivity index (χ3n) is 6.15. The van der Waals surface area contributed by atoms with E-state index in [-0.39, 0.29) is 5.56 Å². The van der Waals surface area contributed by atoms with Gasteiger partial charge in [-0.2, -0.15) is 0 Å². The van der Waals surface area contributed by atoms with Crippen molar-refractivity contribution >= 4 is 33.2 Å². The number of methoxy groups -OCH3 is 1. The van der Waals surface area contributed by atoms with Crippen LogP contribution in [-0.2, 0) is 11.3 Å². The molecule has 2 aromatic carbocycles. The average Bonchev–Trinajstić information content (AvgIpc) is 2.83. The molecule has 4 aromatic rings. The number of benzene rings is 2. The summed E-state index contributed by atoms with van der Waals surface area (Å²) in [6.07, 6.45) is 1.61. The Hall–Kier alpha value is -3.45. The highest BCUT2D eigenvalue weighted by Gasteiger charge is 2.20. The number of para-hydroxylation sites is 1. The number of ether oxygens (including phenoxy) is 1. The van der Waals surface area contributed by atoms with Gasteiger partial charge in [-0.05, 0) is 37.3 Å². The molecule has 0 bridgehead atoms. The van der Waals surface area contributed by atoms with Crippen LogP contribution in [0.2, 0.25) is 0 Å². The van der Waals surface area contributed by atoms with Crippen molar-refractivity contribution in [1.82, 2.24) is 14.5 Å². The topological polar surface area (TPSA) is 63.5 Å². The van der Waals surface area contributed by atoms with Crippen molar-refractivity contribution in [3.05, 3.63) is 70.9 Å². The zero-order valence-electron chi connectivity index (χ0n) is 18.5. The summed E-state index contributed by atoms with van der Waals surface area (Å²) in [5.41, 5.74) is 5.15. The molecule has 32 heavy (non-hydrogen) atoms. The molecular weight excluding hydrogens is 402 g/mol. The van der Waals surface area contributed by atoms with Crippen LogP contribution in [0.15, 0.2) is 59.7 Å². The first-order valence-electron chi connectivity index (χ1n) is 11.0. The Balaban J connectivity index is 1.36. The maximum absolute atomic E-state index is 12.7. The predicted octanol–water partition coefficient (Wildman–Crippen LogP) is 3.23. The molecule has 1 fully saturated rings. The third-order valence-corrected chi connectivity index (χ3v) is 6.15. The van der Waals surface area contributed by atoms with Gasteiger partial charge in [0.2, 0.25) is 0 Å². The average molecular weight is 430 g/mol. The van der Waals surface area contributed by atoms with E-state index in [4.69, 9.17) is 4.74 Å². The van der Waals surface area contributed by atoms with Gasteiger partial charge in [-0.1, -0.05) is 18.2 Å². The Bertz CT molecular complexity index is 1330. The van der Waals surface area contributed by atoms with Crippen molar-refractivity contribution < 1.29 is 4.74 Å². The first kappa shape index (κ1) is 20.5. The summed E-state index contributed by atoms with van der Waals surface area (Å²) in [5, 5.41) is 1.84. The number of hydrogen-bond donors (Lipinski definition) is 0. The summed E-state index contributed by atoms with van der Waals surface area (Å²) in [6, 6.07) is 16.5. The lowest BCUT2D eigenvalue weighted by Crippen LogP contribution is -2.46. The maximum atomic E-state index is 12.7. The number of hydrogen-bond acceptors (Lipinski definition) is 6. The lowest BCUT2D eigenvalue weighted by atomic mass is 10.1. The van der Waals surface area contributed by atoms with E-state index in [1.807, 2.05) is 24.3 Å². The Morgan fingerprint density at radius 1 is 0.938 bits per heavy atom. The summed E-state index contributed by atoms with van der Waals surface area (Å²) in [5.74, 6) is 0. The highest BCUT2D eigenvalue weighted by Crippen LogP contribution is 2.29. The monoisotopic (exact) mass is 429 g/mol. The van der Waals surface area contributed by atoms with Crippen molar-refractivity contribution in [3.8, 4) is 0 Å². The highest BCUT2D eigenvalue weighted by molar-refractivity contribution is 5.92. The summed E-state index contributed by atoms with van der Waals surface area (Å²) >= 11 is 0. The number of pyridine rings is 1. The Morgan fingerprint density at radius 2 is 1.72 bits per heavy atom. The molecule has 0 amide bonds. The summed E-state index contributed by atoms with van der Waals surface area (Å²) < 4.78 is 6.68. The summed E-state index contributed by atoms with van der Waals surface area (Å²) in [7, 11) is 1.63. The van der Waals surface area contributed by atoms with E-state index in [1.165, 1.54) is 11.1 Å². The van der Waals surface area contributed by atoms with E-state index < -0.39 is 0 Å². The minimum absolute atomic E-state index is 0.0247. The van der Waals surface area contributed by atoms with Crippen LogP contribution in [0.1, 0.15) is 5.69 Å². The van der Waals surface area contributed by atoms with Gasteiger partial charge >= 0.3 is 0 Å². The molecule has 0 spiro atoms. The van der Waals surface area contributed by atoms with Crippen LogP contribution in [0, 0.1) is 6.92 Å². The van der Waals surface area contributed by atoms with Gasteiger partial charge in [-0.25, -0.2) is 4.98 Å². The smallest absolute Gasteiger partial charge is 0.261 e. The fraction of sp³-hybridized carbons (Fsp3) is 0.320. The second-order valence-corrected chi connectivity index (χ2v) is 8.21. The predicted molar refractivity (Wildman–Crippen MR) is 129 cm³/mol. The molecule has 0 radical (unpaired) electrons. The van der Waals surface area contributed by atoms with E-state index in [1.54, 1.807) is 18.0 Å². The van der Waals surface area contributed by atoms with Crippen LogP contribution in [0.3, 0.4) is 0 Å². The van der Waals surface area contributed by atoms with Crippen molar-refractivity contribution in [2.24, 2.45) is 0 Å². The molecule has 0 N–H and O–H groups in total. The van der Waals surface area contributed by atoms with Crippen molar-refractivity contribution in [2.75, 3.05) is 49.7 Å². The van der Waals surface area contributed by atoms with Crippen LogP contribution < -0.4 is 15.4 Å². The van der Waals surface area contributed by atoms with Crippen LogP contribution >= 0.6 is 0 Å². The Morgan fingerprint density at radius 3 is 2.53 bits per heavy atom. The molecule has 164 valence electrons. The Kier molecular flexibility index (Phi) is 5.49. The lowest BCUT2D eigenvalue weighted by Gasteiger charge is -2.38. The molecular formula is C25H27N5O2. The fourth-order valence-corrected chi connectivity index (χ4v) is 4.45. The molecule has 5 rings (SSSR count). The van der Waals surface area contributed by atoms with Gasteiger partial charge in [-0.3, -0.25) is 14.3 Å². The zero-order chi connectivity index (χ0) is 22.1. The minimum atomic E-state index is -0.0247. The van der Waals surface area contributed by atoms with Crippen LogP contribution in [0.25, 0.3) is 21.8 Å². The second-order valence-electron chi connectivity index (χ2n) is 8.21. The Labute approximate surface area is 186 Å². The molecule has 1 aliphatic rings. The SMILES string of the molecule is COCCn1cnc2cc(N3CCN(c4cc(C)nc5ccccc45)CC3)ccc2c1=O. The molecule has 3 heterocycles. The van der Waals surface area contributed by atoms with Crippen LogP contribution in [0.4, 0.5) is 11.4 Å². The first-order chi connectivity index (χ1) is 15.6. The van der Waals surface area contributed by atoms with Gasteiger partial charge in [0, 0.05) is 55.7 Å². The molecule has 0 aliphatic carbocycles. The number of aromatic nitrogens is 3. The fourth-order valence-electron chi connectivity index (χ4n) is 4.45. The molecule has 7 nitrogen and oxygen atoms in total. The van der Waals surface area contributed by atoms with Crippen LogP contribution in [-0.4, -0.2) is 54.4 Å². The van der Waals surface area contributed by atoms with Crippen LogP contribution in [0.5, 0.6) is 0 Å². The molecule has 0 atom stereocenters. The number of rotatable bonds is 5. The standard InChI is InChI=1S/C25H27N5O2/c1-18-15-24(20-5-3-4-6-22(20)27-18)29-11-9-28(10-12-29)19-7-8-21-23(16-19)26-17-30(25(21)31)13-14-32-2/h3-8,15-17H,9-14H2,1-2H3. The van der Waals surface area contributed by atoms with Gasteiger partial charge in [0.15, 0.2) is 0 Å². The number of fused-ring (bicyclic) bond motifs is 2. The van der Waals surface area contributed by atoms with Gasteiger partial charge in [0.25, 0.3) is 5.56 Å². The number of aryl methyl sites for hydroxylation is 1. The first-order valence-corrected chi connectivity index (χ1v) is 11.0. The minimum Gasteiger partial charge on any atom is -0.383 e. The number of piperazine rings is 1. The lowest BCUT2D eigenvalue weighted by molar-refractivity contribution is 0.186. The zero-order valence-corrected chi connectivity index (χ0v) is 18.5. The van der Waals surface area contributed by atoms with Gasteiger partial charge in [-0.15, -0.1) is 0 Å². The molecule has 0 saturated carbocycles. The van der Waals surface area contributed by atoms with E-state index in [0.717, 1.165) is 48.6 Å². The van der Waals surface area contributed by atoms with Gasteiger partial charge < -0.3 is 14.5 Å². The van der Waals surface area contributed by atoms with Crippen molar-refractivity contribution in [2.45, 2.75) is 13.5 Å².